The van der Waals surface area contributed by atoms with Gasteiger partial charge in [0.2, 0.25) is 5.91 Å². The molecule has 2 aromatic heterocycles. The normalized spacial score (nSPS) is 14.3. The maximum absolute atomic E-state index is 13.9. The van der Waals surface area contributed by atoms with Crippen LogP contribution in [0.15, 0.2) is 54.9 Å². The van der Waals surface area contributed by atoms with Crippen LogP contribution in [-0.2, 0) is 22.5 Å². The maximum atomic E-state index is 13.9. The van der Waals surface area contributed by atoms with E-state index in [-0.39, 0.29) is 32.1 Å². The molecule has 158 valence electrons. The Kier molecular flexibility index (Phi) is 5.91. The lowest BCUT2D eigenvalue weighted by Crippen LogP contribution is -2.50. The molecule has 4 rings (SSSR count). The van der Waals surface area contributed by atoms with Crippen LogP contribution in [0.2, 0.25) is 0 Å². The summed E-state index contributed by atoms with van der Waals surface area (Å²) in [5.41, 5.74) is 0.646. The fraction of sp³-hybridized carbons (Fsp3) is 0.273. The van der Waals surface area contributed by atoms with E-state index in [1.165, 1.54) is 6.20 Å². The van der Waals surface area contributed by atoms with Crippen LogP contribution >= 0.6 is 0 Å². The molecule has 1 fully saturated rings. The third kappa shape index (κ3) is 5.43. The molecule has 0 bridgehead atoms. The molecule has 0 aliphatic carbocycles. The van der Waals surface area contributed by atoms with Crippen molar-refractivity contribution in [2.24, 2.45) is 0 Å². The van der Waals surface area contributed by atoms with Gasteiger partial charge in [-0.25, -0.2) is 4.39 Å². The number of hydrogen-bond acceptors (Lipinski definition) is 6. The van der Waals surface area contributed by atoms with Crippen molar-refractivity contribution in [1.29, 1.82) is 5.26 Å². The zero-order valence-corrected chi connectivity index (χ0v) is 16.6. The number of carbonyl (C=O) groups is 1. The minimum Gasteiger partial charge on any atom is -0.490 e. The van der Waals surface area contributed by atoms with Crippen LogP contribution in [0.25, 0.3) is 0 Å². The van der Waals surface area contributed by atoms with Gasteiger partial charge in [0.05, 0.1) is 37.4 Å². The molecule has 3 aromatic rings. The topological polar surface area (TPSA) is 102 Å². The first-order valence-corrected chi connectivity index (χ1v) is 9.68. The van der Waals surface area contributed by atoms with Crippen LogP contribution < -0.4 is 10.1 Å². The molecule has 1 amide bonds. The second kappa shape index (κ2) is 8.93. The van der Waals surface area contributed by atoms with Gasteiger partial charge in [-0.15, -0.1) is 0 Å². The molecule has 31 heavy (non-hydrogen) atoms. The number of pyridine rings is 1. The number of aromatic nitrogens is 3. The lowest BCUT2D eigenvalue weighted by atomic mass is 10.1. The summed E-state index contributed by atoms with van der Waals surface area (Å²) in [5, 5.41) is 15.9. The molecule has 1 saturated heterocycles. The van der Waals surface area contributed by atoms with Crippen molar-refractivity contribution in [2.45, 2.75) is 18.6 Å². The first-order valence-electron chi connectivity index (χ1n) is 9.68. The van der Waals surface area contributed by atoms with Crippen molar-refractivity contribution in [3.8, 4) is 11.8 Å². The van der Waals surface area contributed by atoms with E-state index in [1.807, 2.05) is 6.07 Å². The number of nitrogens with one attached hydrogen (secondary N) is 1. The predicted octanol–water partition coefficient (Wildman–Crippen LogP) is 2.50. The van der Waals surface area contributed by atoms with Crippen molar-refractivity contribution in [2.75, 3.05) is 25.1 Å². The Morgan fingerprint density at radius 3 is 2.71 bits per heavy atom. The van der Waals surface area contributed by atoms with Crippen molar-refractivity contribution >= 4 is 11.7 Å². The number of nitrogens with zero attached hydrogens (tertiary/aromatic N) is 4. The van der Waals surface area contributed by atoms with E-state index < -0.39 is 5.67 Å². The summed E-state index contributed by atoms with van der Waals surface area (Å²) in [4.78, 5) is 16.5. The molecule has 8 nitrogen and oxygen atoms in total. The van der Waals surface area contributed by atoms with E-state index in [0.717, 1.165) is 11.3 Å². The number of carbonyl (C=O) groups excluding carboxylic acids is 1. The van der Waals surface area contributed by atoms with Gasteiger partial charge in [0.15, 0.2) is 11.5 Å². The fourth-order valence-electron chi connectivity index (χ4n) is 2.96. The first kappa shape index (κ1) is 20.5. The second-order valence-corrected chi connectivity index (χ2v) is 7.35. The fourth-order valence-corrected chi connectivity index (χ4v) is 2.96. The number of alkyl halides is 1. The molecule has 0 radical (unpaired) electrons. The average molecular weight is 421 g/mol. The second-order valence-electron chi connectivity index (χ2n) is 7.35. The molecular formula is C22H20FN5O3. The van der Waals surface area contributed by atoms with Gasteiger partial charge < -0.3 is 14.8 Å². The van der Waals surface area contributed by atoms with E-state index in [9.17, 15) is 9.18 Å². The minimum absolute atomic E-state index is 0.0481. The Hall–Kier alpha value is -3.77. The molecule has 1 aliphatic heterocycles. The highest BCUT2D eigenvalue weighted by molar-refractivity contribution is 5.91. The smallest absolute Gasteiger partial charge is 0.229 e. The molecule has 0 unspecified atom stereocenters. The Balaban J connectivity index is 1.26. The molecule has 1 aromatic carbocycles. The number of anilines is 1. The summed E-state index contributed by atoms with van der Waals surface area (Å²) in [6.07, 6.45) is 3.42. The summed E-state index contributed by atoms with van der Waals surface area (Å²) < 4.78 is 25.8. The van der Waals surface area contributed by atoms with Crippen molar-refractivity contribution < 1.29 is 18.7 Å². The van der Waals surface area contributed by atoms with Gasteiger partial charge in [-0.2, -0.15) is 10.4 Å². The summed E-state index contributed by atoms with van der Waals surface area (Å²) in [5.74, 6) is 0.780. The number of rotatable bonds is 8. The van der Waals surface area contributed by atoms with Gasteiger partial charge in [0.1, 0.15) is 18.4 Å². The number of hydrogen-bond donors (Lipinski definition) is 1. The minimum atomic E-state index is -1.40. The Morgan fingerprint density at radius 2 is 2.06 bits per heavy atom. The Labute approximate surface area is 178 Å². The molecule has 0 atom stereocenters. The van der Waals surface area contributed by atoms with Gasteiger partial charge >= 0.3 is 0 Å². The molecule has 1 aliphatic rings. The predicted molar refractivity (Wildman–Crippen MR) is 109 cm³/mol. The number of benzene rings is 1. The zero-order valence-electron chi connectivity index (χ0n) is 16.6. The van der Waals surface area contributed by atoms with Crippen molar-refractivity contribution in [3.05, 3.63) is 71.7 Å². The summed E-state index contributed by atoms with van der Waals surface area (Å²) in [6, 6.07) is 14.2. The highest BCUT2D eigenvalue weighted by Crippen LogP contribution is 2.23. The number of halogens is 1. The summed E-state index contributed by atoms with van der Waals surface area (Å²) in [7, 11) is 0. The highest BCUT2D eigenvalue weighted by Gasteiger charge is 2.39. The van der Waals surface area contributed by atoms with Crippen LogP contribution in [0, 0.1) is 11.3 Å². The van der Waals surface area contributed by atoms with Crippen LogP contribution in [0.5, 0.6) is 5.75 Å². The number of amides is 1. The van der Waals surface area contributed by atoms with E-state index in [1.54, 1.807) is 53.3 Å². The zero-order chi connectivity index (χ0) is 21.7. The number of nitriles is 1. The third-order valence-corrected chi connectivity index (χ3v) is 4.69. The number of ether oxygens (including phenoxy) is 2. The van der Waals surface area contributed by atoms with Crippen molar-refractivity contribution in [1.82, 2.24) is 14.8 Å². The van der Waals surface area contributed by atoms with Gasteiger partial charge in [0, 0.05) is 18.5 Å². The van der Waals surface area contributed by atoms with E-state index in [2.05, 4.69) is 15.4 Å². The third-order valence-electron chi connectivity index (χ3n) is 4.69. The van der Waals surface area contributed by atoms with Gasteiger partial charge in [-0.3, -0.25) is 14.5 Å². The van der Waals surface area contributed by atoms with Gasteiger partial charge in [-0.1, -0.05) is 12.1 Å². The highest BCUT2D eigenvalue weighted by atomic mass is 19.1. The Morgan fingerprint density at radius 1 is 1.26 bits per heavy atom. The largest absolute Gasteiger partial charge is 0.490 e. The molecule has 3 heterocycles. The van der Waals surface area contributed by atoms with E-state index in [4.69, 9.17) is 14.7 Å². The molecular weight excluding hydrogens is 401 g/mol. The van der Waals surface area contributed by atoms with E-state index >= 15 is 0 Å². The SMILES string of the molecule is N#Cc1ccc(Cn2ccc(NC(=O)Cc3ccc(OCC4(F)COC4)cc3)n2)nc1. The summed E-state index contributed by atoms with van der Waals surface area (Å²) in [6.45, 7) is 0.499. The lowest BCUT2D eigenvalue weighted by Gasteiger charge is -2.33. The first-order chi connectivity index (χ1) is 15.0. The van der Waals surface area contributed by atoms with Crippen LogP contribution in [0.4, 0.5) is 10.2 Å². The van der Waals surface area contributed by atoms with E-state index in [0.29, 0.717) is 23.7 Å². The van der Waals surface area contributed by atoms with Gasteiger partial charge in [0.25, 0.3) is 0 Å². The van der Waals surface area contributed by atoms with Crippen LogP contribution in [0.1, 0.15) is 16.8 Å². The van der Waals surface area contributed by atoms with Gasteiger partial charge in [-0.05, 0) is 29.8 Å². The average Bonchev–Trinajstić information content (AvgIpc) is 3.19. The van der Waals surface area contributed by atoms with Crippen LogP contribution in [0.3, 0.4) is 0 Å². The maximum Gasteiger partial charge on any atom is 0.229 e. The lowest BCUT2D eigenvalue weighted by molar-refractivity contribution is -0.146. The molecule has 0 saturated carbocycles. The quantitative estimate of drug-likeness (QED) is 0.600. The molecule has 1 N–H and O–H groups in total. The van der Waals surface area contributed by atoms with Crippen LogP contribution in [-0.4, -0.2) is 46.2 Å². The van der Waals surface area contributed by atoms with Crippen molar-refractivity contribution in [3.63, 3.8) is 0 Å². The standard InChI is InChI=1S/C22H20FN5O3/c23-22(13-30-14-22)15-31-19-5-2-16(3-6-19)9-21(29)26-20-7-8-28(27-20)12-18-4-1-17(10-24)11-25-18/h1-8,11H,9,12-15H2,(H,26,27,29). The molecule has 9 heteroatoms. The molecule has 0 spiro atoms. The Bertz CT molecular complexity index is 1090. The monoisotopic (exact) mass is 421 g/mol. The summed E-state index contributed by atoms with van der Waals surface area (Å²) >= 11 is 0.